The molecule has 0 saturated heterocycles. The molecule has 0 fully saturated rings. The van der Waals surface area contributed by atoms with Crippen LogP contribution in [0.25, 0.3) is 0 Å². The van der Waals surface area contributed by atoms with E-state index in [1.165, 1.54) is 44.9 Å². The van der Waals surface area contributed by atoms with Crippen molar-refractivity contribution in [3.63, 3.8) is 0 Å². The second-order valence-corrected chi connectivity index (χ2v) is 5.99. The first-order chi connectivity index (χ1) is 7.34. The minimum atomic E-state index is 0.612. The average Bonchev–Trinajstić information content (AvgIpc) is 2.62. The zero-order valence-electron chi connectivity index (χ0n) is 9.06. The summed E-state index contributed by atoms with van der Waals surface area (Å²) in [5.41, 5.74) is 6.47. The molecule has 0 amide bonds. The molecule has 0 N–H and O–H groups in total. The van der Waals surface area contributed by atoms with Crippen LogP contribution in [-0.2, 0) is 19.3 Å². The Hall–Kier alpha value is -0.300. The lowest BCUT2D eigenvalue weighted by molar-refractivity contribution is 0.708. The molecule has 15 heavy (non-hydrogen) atoms. The molecule has 0 saturated carbocycles. The van der Waals surface area contributed by atoms with E-state index in [-0.39, 0.29) is 0 Å². The van der Waals surface area contributed by atoms with Gasteiger partial charge < -0.3 is 0 Å². The Morgan fingerprint density at radius 3 is 2.47 bits per heavy atom. The van der Waals surface area contributed by atoms with Gasteiger partial charge in [-0.2, -0.15) is 0 Å². The number of alkyl halides is 1. The minimum absolute atomic E-state index is 0.612. The van der Waals surface area contributed by atoms with Gasteiger partial charge in [0.15, 0.2) is 0 Å². The smallest absolute Gasteiger partial charge is 0.0398 e. The molecule has 3 rings (SSSR count). The second kappa shape index (κ2) is 3.93. The molecule has 1 atom stereocenters. The van der Waals surface area contributed by atoms with Crippen LogP contribution < -0.4 is 0 Å². The fraction of sp³-hybridized carbons (Fsp3) is 0.571. The Balaban J connectivity index is 2.09. The molecule has 1 heteroatoms. The Kier molecular flexibility index (Phi) is 2.59. The Morgan fingerprint density at radius 2 is 1.60 bits per heavy atom. The summed E-state index contributed by atoms with van der Waals surface area (Å²) >= 11 is 3.85. The van der Waals surface area contributed by atoms with E-state index in [0.29, 0.717) is 4.83 Å². The van der Waals surface area contributed by atoms with E-state index < -0.39 is 0 Å². The van der Waals surface area contributed by atoms with Gasteiger partial charge >= 0.3 is 0 Å². The van der Waals surface area contributed by atoms with Crippen LogP contribution in [0.1, 0.15) is 52.8 Å². The normalized spacial score (nSPS) is 24.5. The molecule has 2 aliphatic rings. The van der Waals surface area contributed by atoms with Crippen LogP contribution in [0.2, 0.25) is 0 Å². The van der Waals surface area contributed by atoms with Crippen molar-refractivity contribution in [2.45, 2.75) is 49.8 Å². The lowest BCUT2D eigenvalue weighted by atomic mass is 9.97. The van der Waals surface area contributed by atoms with E-state index in [0.717, 1.165) is 0 Å². The van der Waals surface area contributed by atoms with Crippen molar-refractivity contribution in [2.24, 2.45) is 0 Å². The number of aryl methyl sites for hydroxylation is 3. The van der Waals surface area contributed by atoms with Crippen molar-refractivity contribution >= 4 is 15.9 Å². The summed E-state index contributed by atoms with van der Waals surface area (Å²) in [4.78, 5) is 0.612. The highest BCUT2D eigenvalue weighted by molar-refractivity contribution is 9.09. The van der Waals surface area contributed by atoms with Crippen molar-refractivity contribution in [1.82, 2.24) is 0 Å². The molecule has 0 radical (unpaired) electrons. The van der Waals surface area contributed by atoms with Crippen LogP contribution in [0.15, 0.2) is 12.1 Å². The first-order valence-electron chi connectivity index (χ1n) is 6.13. The molecule has 80 valence electrons. The zero-order chi connectivity index (χ0) is 10.3. The predicted molar refractivity (Wildman–Crippen MR) is 67.7 cm³/mol. The maximum absolute atomic E-state index is 3.85. The van der Waals surface area contributed by atoms with E-state index in [4.69, 9.17) is 0 Å². The van der Waals surface area contributed by atoms with Crippen molar-refractivity contribution in [2.75, 3.05) is 0 Å². The third-order valence-electron chi connectivity index (χ3n) is 3.84. The maximum atomic E-state index is 3.85. The molecule has 0 aromatic heterocycles. The first-order valence-corrected chi connectivity index (χ1v) is 7.05. The van der Waals surface area contributed by atoms with Gasteiger partial charge in [-0.05, 0) is 60.8 Å². The minimum Gasteiger partial charge on any atom is -0.0839 e. The fourth-order valence-electron chi connectivity index (χ4n) is 3.00. The van der Waals surface area contributed by atoms with Gasteiger partial charge in [-0.3, -0.25) is 0 Å². The number of rotatable bonds is 0. The second-order valence-electron chi connectivity index (χ2n) is 4.89. The van der Waals surface area contributed by atoms with Gasteiger partial charge in [0.05, 0.1) is 0 Å². The molecule has 0 aliphatic heterocycles. The van der Waals surface area contributed by atoms with Crippen LogP contribution in [0.5, 0.6) is 0 Å². The first kappa shape index (κ1) is 9.89. The SMILES string of the molecule is BrC1CCCCc2cc3c(cc21)CCC3. The van der Waals surface area contributed by atoms with Gasteiger partial charge in [0.25, 0.3) is 0 Å². The molecular formula is C14H17Br. The largest absolute Gasteiger partial charge is 0.0839 e. The number of hydrogen-bond acceptors (Lipinski definition) is 0. The van der Waals surface area contributed by atoms with E-state index >= 15 is 0 Å². The Labute approximate surface area is 100 Å². The predicted octanol–water partition coefficient (Wildman–Crippen LogP) is 4.34. The Morgan fingerprint density at radius 1 is 0.867 bits per heavy atom. The fourth-order valence-corrected chi connectivity index (χ4v) is 3.75. The number of hydrogen-bond donors (Lipinski definition) is 0. The van der Waals surface area contributed by atoms with E-state index in [2.05, 4.69) is 28.1 Å². The molecule has 0 heterocycles. The third-order valence-corrected chi connectivity index (χ3v) is 4.80. The van der Waals surface area contributed by atoms with Crippen LogP contribution >= 0.6 is 15.9 Å². The third kappa shape index (κ3) is 1.75. The summed E-state index contributed by atoms with van der Waals surface area (Å²) in [5, 5.41) is 0. The van der Waals surface area contributed by atoms with Crippen molar-refractivity contribution in [1.29, 1.82) is 0 Å². The summed E-state index contributed by atoms with van der Waals surface area (Å²) < 4.78 is 0. The molecule has 1 unspecified atom stereocenters. The topological polar surface area (TPSA) is 0 Å². The highest BCUT2D eigenvalue weighted by atomic mass is 79.9. The zero-order valence-corrected chi connectivity index (χ0v) is 10.6. The van der Waals surface area contributed by atoms with Crippen molar-refractivity contribution in [3.05, 3.63) is 34.4 Å². The molecule has 0 nitrogen and oxygen atoms in total. The number of fused-ring (bicyclic) bond motifs is 2. The average molecular weight is 265 g/mol. The van der Waals surface area contributed by atoms with Crippen molar-refractivity contribution < 1.29 is 0 Å². The summed E-state index contributed by atoms with van der Waals surface area (Å²) in [6, 6.07) is 4.99. The van der Waals surface area contributed by atoms with E-state index in [1.807, 2.05) is 0 Å². The summed E-state index contributed by atoms with van der Waals surface area (Å²) in [6.07, 6.45) is 9.34. The molecule has 1 aromatic carbocycles. The van der Waals surface area contributed by atoms with Gasteiger partial charge in [-0.15, -0.1) is 0 Å². The van der Waals surface area contributed by atoms with Crippen LogP contribution in [0.4, 0.5) is 0 Å². The monoisotopic (exact) mass is 264 g/mol. The van der Waals surface area contributed by atoms with E-state index in [9.17, 15) is 0 Å². The van der Waals surface area contributed by atoms with Gasteiger partial charge in [0, 0.05) is 4.83 Å². The molecular weight excluding hydrogens is 248 g/mol. The summed E-state index contributed by atoms with van der Waals surface area (Å²) in [7, 11) is 0. The highest BCUT2D eigenvalue weighted by Crippen LogP contribution is 2.38. The molecule has 0 bridgehead atoms. The van der Waals surface area contributed by atoms with Gasteiger partial charge in [0.2, 0.25) is 0 Å². The van der Waals surface area contributed by atoms with Gasteiger partial charge in [0.1, 0.15) is 0 Å². The lowest BCUT2D eigenvalue weighted by Crippen LogP contribution is -1.96. The maximum Gasteiger partial charge on any atom is 0.0398 e. The highest BCUT2D eigenvalue weighted by Gasteiger charge is 2.20. The van der Waals surface area contributed by atoms with E-state index in [1.54, 1.807) is 22.3 Å². The summed E-state index contributed by atoms with van der Waals surface area (Å²) in [5.74, 6) is 0. The van der Waals surface area contributed by atoms with Gasteiger partial charge in [-0.1, -0.05) is 34.5 Å². The Bertz CT molecular complexity index is 381. The number of halogens is 1. The molecule has 1 aromatic rings. The molecule has 0 spiro atoms. The lowest BCUT2D eigenvalue weighted by Gasteiger charge is -2.13. The quantitative estimate of drug-likeness (QED) is 0.483. The summed E-state index contributed by atoms with van der Waals surface area (Å²) in [6.45, 7) is 0. The van der Waals surface area contributed by atoms with Crippen LogP contribution in [-0.4, -0.2) is 0 Å². The van der Waals surface area contributed by atoms with Crippen LogP contribution in [0.3, 0.4) is 0 Å². The molecule has 2 aliphatic carbocycles. The standard InChI is InChI=1S/C14H17Br/c15-14-7-2-1-4-12-8-10-5-3-6-11(10)9-13(12)14/h8-9,14H,1-7H2. The number of benzene rings is 1. The van der Waals surface area contributed by atoms with Gasteiger partial charge in [-0.25, -0.2) is 0 Å². The van der Waals surface area contributed by atoms with Crippen LogP contribution in [0, 0.1) is 0 Å². The van der Waals surface area contributed by atoms with Crippen molar-refractivity contribution in [3.8, 4) is 0 Å².